The van der Waals surface area contributed by atoms with E-state index >= 15 is 0 Å². The second kappa shape index (κ2) is 4.99. The number of nitrogens with one attached hydrogen (secondary N) is 1. The van der Waals surface area contributed by atoms with Gasteiger partial charge in [-0.15, -0.1) is 0 Å². The second-order valence-corrected chi connectivity index (χ2v) is 4.26. The van der Waals surface area contributed by atoms with Gasteiger partial charge in [-0.3, -0.25) is 10.1 Å². The first-order valence-corrected chi connectivity index (χ1v) is 5.55. The van der Waals surface area contributed by atoms with Gasteiger partial charge in [-0.25, -0.2) is 8.78 Å². The van der Waals surface area contributed by atoms with E-state index in [9.17, 15) is 13.6 Å². The number of hydrogen-bond acceptors (Lipinski definition) is 3. The Labute approximate surface area is 103 Å². The first kappa shape index (κ1) is 12.9. The van der Waals surface area contributed by atoms with Gasteiger partial charge < -0.3 is 9.84 Å². The van der Waals surface area contributed by atoms with Crippen LogP contribution in [0.3, 0.4) is 0 Å². The van der Waals surface area contributed by atoms with E-state index in [1.54, 1.807) is 6.92 Å². The van der Waals surface area contributed by atoms with Crippen LogP contribution in [-0.4, -0.2) is 29.8 Å². The number of carboxylic acid groups (broad SMARTS) is 1. The molecule has 1 aromatic rings. The van der Waals surface area contributed by atoms with Crippen molar-refractivity contribution in [2.24, 2.45) is 0 Å². The maximum atomic E-state index is 13.1. The Bertz CT molecular complexity index is 446. The first-order valence-electron chi connectivity index (χ1n) is 5.55. The smallest absolute Gasteiger partial charge is 0.323 e. The molecular formula is C12H13F2NO3. The zero-order valence-electron chi connectivity index (χ0n) is 9.69. The van der Waals surface area contributed by atoms with Crippen LogP contribution >= 0.6 is 0 Å². The number of benzene rings is 1. The predicted octanol–water partition coefficient (Wildman–Crippen LogP) is 1.47. The van der Waals surface area contributed by atoms with Crippen LogP contribution in [0.4, 0.5) is 8.78 Å². The van der Waals surface area contributed by atoms with Gasteiger partial charge in [0.1, 0.15) is 17.7 Å². The molecule has 98 valence electrons. The molecule has 0 aliphatic carbocycles. The van der Waals surface area contributed by atoms with E-state index in [1.807, 2.05) is 0 Å². The summed E-state index contributed by atoms with van der Waals surface area (Å²) in [5, 5.41) is 11.7. The van der Waals surface area contributed by atoms with Crippen molar-refractivity contribution < 1.29 is 23.4 Å². The second-order valence-electron chi connectivity index (χ2n) is 4.26. The quantitative estimate of drug-likeness (QED) is 0.842. The van der Waals surface area contributed by atoms with E-state index < -0.39 is 35.9 Å². The summed E-state index contributed by atoms with van der Waals surface area (Å²) in [5.74, 6) is -2.37. The van der Waals surface area contributed by atoms with E-state index in [0.717, 1.165) is 6.07 Å². The third-order valence-corrected chi connectivity index (χ3v) is 2.89. The number of rotatable bonds is 2. The number of halogens is 2. The molecule has 1 saturated heterocycles. The molecule has 0 radical (unpaired) electrons. The van der Waals surface area contributed by atoms with Gasteiger partial charge in [0.25, 0.3) is 0 Å². The summed E-state index contributed by atoms with van der Waals surface area (Å²) in [6.45, 7) is 1.80. The molecule has 3 unspecified atom stereocenters. The van der Waals surface area contributed by atoms with Gasteiger partial charge in [-0.05, 0) is 24.6 Å². The van der Waals surface area contributed by atoms with Crippen molar-refractivity contribution in [2.75, 3.05) is 6.54 Å². The van der Waals surface area contributed by atoms with Crippen molar-refractivity contribution >= 4 is 5.97 Å². The molecule has 6 heteroatoms. The lowest BCUT2D eigenvalue weighted by molar-refractivity contribution is -0.149. The molecule has 3 atom stereocenters. The molecule has 1 aromatic carbocycles. The maximum absolute atomic E-state index is 13.1. The molecule has 1 aliphatic rings. The number of hydrogen-bond donors (Lipinski definition) is 2. The van der Waals surface area contributed by atoms with Crippen LogP contribution in [0.25, 0.3) is 0 Å². The molecule has 0 amide bonds. The minimum Gasteiger partial charge on any atom is -0.480 e. The van der Waals surface area contributed by atoms with Crippen molar-refractivity contribution in [1.82, 2.24) is 5.32 Å². The largest absolute Gasteiger partial charge is 0.480 e. The van der Waals surface area contributed by atoms with E-state index in [2.05, 4.69) is 5.32 Å². The highest BCUT2D eigenvalue weighted by atomic mass is 19.1. The number of aliphatic carboxylic acids is 1. The van der Waals surface area contributed by atoms with Crippen molar-refractivity contribution in [3.05, 3.63) is 35.4 Å². The summed E-state index contributed by atoms with van der Waals surface area (Å²) in [4.78, 5) is 10.9. The van der Waals surface area contributed by atoms with Crippen LogP contribution in [0.2, 0.25) is 0 Å². The standard InChI is InChI=1S/C12H13F2NO3/c1-6-11(12(16)17)15-5-10(18-6)7-2-8(13)4-9(14)3-7/h2-4,6,10-11,15H,5H2,1H3,(H,16,17). The first-order chi connectivity index (χ1) is 8.47. The number of carboxylic acids is 1. The Hall–Kier alpha value is -1.53. The molecule has 0 aromatic heterocycles. The van der Waals surface area contributed by atoms with Crippen LogP contribution in [-0.2, 0) is 9.53 Å². The Morgan fingerprint density at radius 2 is 2.00 bits per heavy atom. The van der Waals surface area contributed by atoms with Crippen molar-refractivity contribution in [3.8, 4) is 0 Å². The highest BCUT2D eigenvalue weighted by Gasteiger charge is 2.33. The van der Waals surface area contributed by atoms with Gasteiger partial charge in [-0.2, -0.15) is 0 Å². The number of ether oxygens (including phenoxy) is 1. The van der Waals surface area contributed by atoms with Gasteiger partial charge in [0.15, 0.2) is 0 Å². The van der Waals surface area contributed by atoms with Gasteiger partial charge in [0.2, 0.25) is 0 Å². The molecule has 0 bridgehead atoms. The van der Waals surface area contributed by atoms with Gasteiger partial charge in [-0.1, -0.05) is 0 Å². The molecule has 2 rings (SSSR count). The fraction of sp³-hybridized carbons (Fsp3) is 0.417. The maximum Gasteiger partial charge on any atom is 0.323 e. The topological polar surface area (TPSA) is 58.6 Å². The van der Waals surface area contributed by atoms with Crippen LogP contribution in [0.15, 0.2) is 18.2 Å². The highest BCUT2D eigenvalue weighted by Crippen LogP contribution is 2.25. The zero-order chi connectivity index (χ0) is 13.3. The third kappa shape index (κ3) is 2.65. The van der Waals surface area contributed by atoms with Crippen LogP contribution in [0, 0.1) is 11.6 Å². The average molecular weight is 257 g/mol. The molecule has 1 heterocycles. The van der Waals surface area contributed by atoms with Crippen LogP contribution < -0.4 is 5.32 Å². The van der Waals surface area contributed by atoms with Crippen molar-refractivity contribution in [2.45, 2.75) is 25.2 Å². The van der Waals surface area contributed by atoms with E-state index in [4.69, 9.17) is 9.84 Å². The lowest BCUT2D eigenvalue weighted by Gasteiger charge is -2.33. The molecule has 1 aliphatic heterocycles. The zero-order valence-corrected chi connectivity index (χ0v) is 9.69. The van der Waals surface area contributed by atoms with Crippen LogP contribution in [0.1, 0.15) is 18.6 Å². The molecule has 0 spiro atoms. The summed E-state index contributed by atoms with van der Waals surface area (Å²) >= 11 is 0. The fourth-order valence-corrected chi connectivity index (χ4v) is 2.03. The molecule has 2 N–H and O–H groups in total. The highest BCUT2D eigenvalue weighted by molar-refractivity contribution is 5.74. The summed E-state index contributed by atoms with van der Waals surface area (Å²) in [5.41, 5.74) is 0.357. The third-order valence-electron chi connectivity index (χ3n) is 2.89. The number of morpholine rings is 1. The molecule has 1 fully saturated rings. The normalized spacial score (nSPS) is 28.1. The van der Waals surface area contributed by atoms with Crippen molar-refractivity contribution in [1.29, 1.82) is 0 Å². The summed E-state index contributed by atoms with van der Waals surface area (Å²) in [7, 11) is 0. The van der Waals surface area contributed by atoms with E-state index in [-0.39, 0.29) is 6.54 Å². The summed E-state index contributed by atoms with van der Waals surface area (Å²) < 4.78 is 31.6. The van der Waals surface area contributed by atoms with Crippen molar-refractivity contribution in [3.63, 3.8) is 0 Å². The molecule has 18 heavy (non-hydrogen) atoms. The minimum absolute atomic E-state index is 0.199. The lowest BCUT2D eigenvalue weighted by Crippen LogP contribution is -2.52. The van der Waals surface area contributed by atoms with Gasteiger partial charge >= 0.3 is 5.97 Å². The van der Waals surface area contributed by atoms with E-state index in [0.29, 0.717) is 5.56 Å². The molecule has 0 saturated carbocycles. The fourth-order valence-electron chi connectivity index (χ4n) is 2.03. The minimum atomic E-state index is -1.01. The Morgan fingerprint density at radius 3 is 2.50 bits per heavy atom. The van der Waals surface area contributed by atoms with E-state index in [1.165, 1.54) is 12.1 Å². The SMILES string of the molecule is CC1OC(c2cc(F)cc(F)c2)CNC1C(=O)O. The summed E-state index contributed by atoms with van der Waals surface area (Å²) in [6.07, 6.45) is -1.13. The Kier molecular flexibility index (Phi) is 3.58. The predicted molar refractivity (Wildman–Crippen MR) is 59.1 cm³/mol. The summed E-state index contributed by atoms with van der Waals surface area (Å²) in [6, 6.07) is 2.34. The Balaban J connectivity index is 2.14. The van der Waals surface area contributed by atoms with Gasteiger partial charge in [0, 0.05) is 12.6 Å². The average Bonchev–Trinajstić information content (AvgIpc) is 2.26. The monoisotopic (exact) mass is 257 g/mol. The number of carbonyl (C=O) groups is 1. The Morgan fingerprint density at radius 1 is 1.39 bits per heavy atom. The van der Waals surface area contributed by atoms with Crippen LogP contribution in [0.5, 0.6) is 0 Å². The van der Waals surface area contributed by atoms with Gasteiger partial charge in [0.05, 0.1) is 12.2 Å². The molecular weight excluding hydrogens is 244 g/mol. The molecule has 4 nitrogen and oxygen atoms in total. The lowest BCUT2D eigenvalue weighted by atomic mass is 10.0.